The molecule has 156 valence electrons. The van der Waals surface area contributed by atoms with E-state index < -0.39 is 0 Å². The van der Waals surface area contributed by atoms with E-state index in [-0.39, 0.29) is 16.7 Å². The molecule has 1 N–H and O–H groups in total. The van der Waals surface area contributed by atoms with Gasteiger partial charge in [0.15, 0.2) is 5.16 Å². The second-order valence-electron chi connectivity index (χ2n) is 8.13. The molecular formula is C23H31N3O2S. The summed E-state index contributed by atoms with van der Waals surface area (Å²) in [5.41, 5.74) is 2.09. The number of nitrogens with one attached hydrogen (secondary N) is 1. The van der Waals surface area contributed by atoms with Crippen molar-refractivity contribution in [2.24, 2.45) is 5.92 Å². The number of benzene rings is 1. The molecule has 0 saturated carbocycles. The van der Waals surface area contributed by atoms with Crippen LogP contribution in [0.5, 0.6) is 0 Å². The lowest BCUT2D eigenvalue weighted by molar-refractivity contribution is -0.120. The third-order valence-corrected chi connectivity index (χ3v) is 6.29. The number of aromatic nitrogens is 2. The Morgan fingerprint density at radius 1 is 1.24 bits per heavy atom. The van der Waals surface area contributed by atoms with Gasteiger partial charge in [-0.25, -0.2) is 4.98 Å². The molecule has 1 atom stereocenters. The van der Waals surface area contributed by atoms with Crippen LogP contribution in [0.4, 0.5) is 0 Å². The maximum absolute atomic E-state index is 13.2. The fraction of sp³-hybridized carbons (Fsp3) is 0.522. The van der Waals surface area contributed by atoms with Crippen LogP contribution < -0.4 is 10.9 Å². The minimum absolute atomic E-state index is 0.0207. The van der Waals surface area contributed by atoms with Gasteiger partial charge in [0.05, 0.1) is 16.2 Å². The Labute approximate surface area is 177 Å². The van der Waals surface area contributed by atoms with Gasteiger partial charge >= 0.3 is 0 Å². The summed E-state index contributed by atoms with van der Waals surface area (Å²) >= 11 is 1.37. The van der Waals surface area contributed by atoms with Gasteiger partial charge in [0.1, 0.15) is 0 Å². The number of fused-ring (bicyclic) bond motifs is 1. The predicted molar refractivity (Wildman–Crippen MR) is 120 cm³/mol. The van der Waals surface area contributed by atoms with E-state index in [0.29, 0.717) is 35.1 Å². The largest absolute Gasteiger partial charge is 0.355 e. The average molecular weight is 414 g/mol. The summed E-state index contributed by atoms with van der Waals surface area (Å²) in [6.07, 6.45) is 7.91. The number of allylic oxidation sites excluding steroid dienone is 2. The zero-order chi connectivity index (χ0) is 20.8. The topological polar surface area (TPSA) is 64.0 Å². The lowest BCUT2D eigenvalue weighted by atomic mass is 9.97. The van der Waals surface area contributed by atoms with E-state index in [4.69, 9.17) is 4.98 Å². The molecule has 0 unspecified atom stereocenters. The second-order valence-corrected chi connectivity index (χ2v) is 9.43. The molecule has 0 spiro atoms. The number of amides is 1. The normalized spacial score (nSPS) is 15.4. The van der Waals surface area contributed by atoms with Gasteiger partial charge in [0.2, 0.25) is 5.91 Å². The fourth-order valence-electron chi connectivity index (χ4n) is 3.48. The Bertz CT molecular complexity index is 949. The maximum atomic E-state index is 13.2. The van der Waals surface area contributed by atoms with Gasteiger partial charge in [-0.15, -0.1) is 0 Å². The van der Waals surface area contributed by atoms with Crippen LogP contribution in [0.1, 0.15) is 52.9 Å². The van der Waals surface area contributed by atoms with Gasteiger partial charge in [0.25, 0.3) is 5.56 Å². The monoisotopic (exact) mass is 413 g/mol. The molecular weight excluding hydrogens is 382 g/mol. The summed E-state index contributed by atoms with van der Waals surface area (Å²) in [6, 6.07) is 7.44. The summed E-state index contributed by atoms with van der Waals surface area (Å²) in [4.78, 5) is 30.4. The minimum Gasteiger partial charge on any atom is -0.355 e. The third-order valence-electron chi connectivity index (χ3n) is 5.20. The number of carbonyl (C=O) groups is 1. The molecule has 5 nitrogen and oxygen atoms in total. The van der Waals surface area contributed by atoms with Gasteiger partial charge in [-0.2, -0.15) is 0 Å². The second kappa shape index (κ2) is 10.1. The molecule has 1 amide bonds. The van der Waals surface area contributed by atoms with E-state index in [1.54, 1.807) is 4.57 Å². The quantitative estimate of drug-likeness (QED) is 0.392. The zero-order valence-corrected chi connectivity index (χ0v) is 18.4. The highest BCUT2D eigenvalue weighted by Gasteiger charge is 2.19. The number of hydrogen-bond acceptors (Lipinski definition) is 4. The first-order valence-electron chi connectivity index (χ1n) is 10.6. The van der Waals surface area contributed by atoms with Crippen molar-refractivity contribution in [1.29, 1.82) is 0 Å². The molecule has 6 heteroatoms. The summed E-state index contributed by atoms with van der Waals surface area (Å²) in [5.74, 6) is 0.379. The summed E-state index contributed by atoms with van der Waals surface area (Å²) in [5, 5.41) is 3.91. The Morgan fingerprint density at radius 3 is 2.76 bits per heavy atom. The van der Waals surface area contributed by atoms with Crippen LogP contribution in [-0.4, -0.2) is 27.3 Å². The van der Waals surface area contributed by atoms with E-state index in [1.165, 1.54) is 30.2 Å². The number of nitrogens with zero attached hydrogens (tertiary/aromatic N) is 2. The van der Waals surface area contributed by atoms with Crippen LogP contribution in [0, 0.1) is 5.92 Å². The molecule has 0 aliphatic heterocycles. The van der Waals surface area contributed by atoms with Crippen LogP contribution in [0.25, 0.3) is 10.9 Å². The van der Waals surface area contributed by atoms with Crippen LogP contribution >= 0.6 is 11.8 Å². The maximum Gasteiger partial charge on any atom is 0.262 e. The van der Waals surface area contributed by atoms with Gasteiger partial charge in [-0.3, -0.25) is 14.2 Å². The zero-order valence-electron chi connectivity index (χ0n) is 17.6. The molecule has 0 saturated heterocycles. The summed E-state index contributed by atoms with van der Waals surface area (Å²) in [6.45, 7) is 7.26. The summed E-state index contributed by atoms with van der Waals surface area (Å²) < 4.78 is 1.76. The molecule has 0 fully saturated rings. The van der Waals surface area contributed by atoms with Crippen molar-refractivity contribution in [2.75, 3.05) is 6.54 Å². The number of rotatable bonds is 8. The Morgan fingerprint density at radius 2 is 2.03 bits per heavy atom. The molecule has 1 heterocycles. The number of carbonyl (C=O) groups excluding carboxylic acids is 1. The summed E-state index contributed by atoms with van der Waals surface area (Å²) in [7, 11) is 0. The van der Waals surface area contributed by atoms with Crippen LogP contribution in [0.2, 0.25) is 0 Å². The van der Waals surface area contributed by atoms with E-state index in [9.17, 15) is 9.59 Å². The molecule has 1 aromatic carbocycles. The average Bonchev–Trinajstić information content (AvgIpc) is 2.72. The standard InChI is InChI=1S/C23H31N3O2S/c1-16(2)15-24-21(27)17(3)29-23-25-20-12-8-7-11-19(20)22(28)26(23)14-13-18-9-5-4-6-10-18/h7-9,11-12,16-17H,4-6,10,13-15H2,1-3H3,(H,24,27)/t17-/m0/s1. The lowest BCUT2D eigenvalue weighted by Gasteiger charge is -2.18. The van der Waals surface area contributed by atoms with Gasteiger partial charge in [-0.1, -0.05) is 49.4 Å². The van der Waals surface area contributed by atoms with Crippen molar-refractivity contribution in [3.05, 3.63) is 46.3 Å². The molecule has 1 aromatic heterocycles. The van der Waals surface area contributed by atoms with Crippen molar-refractivity contribution in [2.45, 2.75) is 69.8 Å². The van der Waals surface area contributed by atoms with Gasteiger partial charge in [0, 0.05) is 13.1 Å². The molecule has 3 rings (SSSR count). The highest BCUT2D eigenvalue weighted by atomic mass is 32.2. The number of thioether (sulfide) groups is 1. The SMILES string of the molecule is CC(C)CNC(=O)[C@H](C)Sc1nc2ccccc2c(=O)n1CCC1=CCCCC1. The molecule has 29 heavy (non-hydrogen) atoms. The van der Waals surface area contributed by atoms with E-state index in [0.717, 1.165) is 19.3 Å². The highest BCUT2D eigenvalue weighted by molar-refractivity contribution is 8.00. The third kappa shape index (κ3) is 5.72. The first kappa shape index (κ1) is 21.6. The Kier molecular flexibility index (Phi) is 7.53. The molecule has 0 bridgehead atoms. The predicted octanol–water partition coefficient (Wildman–Crippen LogP) is 4.54. The van der Waals surface area contributed by atoms with Crippen LogP contribution in [-0.2, 0) is 11.3 Å². The smallest absolute Gasteiger partial charge is 0.262 e. The van der Waals surface area contributed by atoms with Crippen molar-refractivity contribution in [3.8, 4) is 0 Å². The number of para-hydroxylation sites is 1. The molecule has 0 radical (unpaired) electrons. The van der Waals surface area contributed by atoms with Crippen molar-refractivity contribution in [3.63, 3.8) is 0 Å². The van der Waals surface area contributed by atoms with E-state index >= 15 is 0 Å². The first-order valence-corrected chi connectivity index (χ1v) is 11.5. The number of hydrogen-bond donors (Lipinski definition) is 1. The minimum atomic E-state index is -0.318. The lowest BCUT2D eigenvalue weighted by Crippen LogP contribution is -2.34. The van der Waals surface area contributed by atoms with E-state index in [1.807, 2.05) is 31.2 Å². The molecule has 1 aliphatic rings. The van der Waals surface area contributed by atoms with Gasteiger partial charge < -0.3 is 5.32 Å². The van der Waals surface area contributed by atoms with E-state index in [2.05, 4.69) is 25.2 Å². The van der Waals surface area contributed by atoms with Crippen LogP contribution in [0.15, 0.2) is 45.9 Å². The highest BCUT2D eigenvalue weighted by Crippen LogP contribution is 2.25. The van der Waals surface area contributed by atoms with Crippen molar-refractivity contribution >= 4 is 28.6 Å². The first-order chi connectivity index (χ1) is 14.0. The van der Waals surface area contributed by atoms with Crippen molar-refractivity contribution in [1.82, 2.24) is 14.9 Å². The fourth-order valence-corrected chi connectivity index (χ4v) is 4.44. The van der Waals surface area contributed by atoms with Crippen LogP contribution in [0.3, 0.4) is 0 Å². The van der Waals surface area contributed by atoms with Gasteiger partial charge in [-0.05, 0) is 57.1 Å². The molecule has 2 aromatic rings. The van der Waals surface area contributed by atoms with Crippen molar-refractivity contribution < 1.29 is 4.79 Å². The Balaban J connectivity index is 1.86. The Hall–Kier alpha value is -2.08. The molecule has 1 aliphatic carbocycles.